The summed E-state index contributed by atoms with van der Waals surface area (Å²) in [6.07, 6.45) is 2.68. The van der Waals surface area contributed by atoms with E-state index >= 15 is 0 Å². The molecule has 2 nitrogen and oxygen atoms in total. The van der Waals surface area contributed by atoms with Crippen LogP contribution in [0, 0.1) is 18.3 Å². The van der Waals surface area contributed by atoms with E-state index in [-0.39, 0.29) is 0 Å². The van der Waals surface area contributed by atoms with E-state index < -0.39 is 0 Å². The molecule has 0 amide bonds. The highest BCUT2D eigenvalue weighted by molar-refractivity contribution is 8.00. The van der Waals surface area contributed by atoms with E-state index in [4.69, 9.17) is 5.26 Å². The van der Waals surface area contributed by atoms with Gasteiger partial charge in [0.1, 0.15) is 0 Å². The van der Waals surface area contributed by atoms with E-state index in [0.717, 1.165) is 28.6 Å². The summed E-state index contributed by atoms with van der Waals surface area (Å²) >= 11 is 2.06. The van der Waals surface area contributed by atoms with Gasteiger partial charge in [0.25, 0.3) is 0 Å². The molecule has 0 aromatic heterocycles. The molecule has 1 N–H and O–H groups in total. The van der Waals surface area contributed by atoms with Gasteiger partial charge < -0.3 is 5.32 Å². The SMILES string of the molecule is Cc1cc(NCC2CCCS2)ccc1C#N. The van der Waals surface area contributed by atoms with Crippen LogP contribution < -0.4 is 5.32 Å². The molecule has 1 saturated heterocycles. The molecule has 0 spiro atoms. The number of anilines is 1. The van der Waals surface area contributed by atoms with Gasteiger partial charge >= 0.3 is 0 Å². The average molecular weight is 232 g/mol. The fourth-order valence-electron chi connectivity index (χ4n) is 1.94. The van der Waals surface area contributed by atoms with Crippen molar-refractivity contribution in [2.45, 2.75) is 25.0 Å². The van der Waals surface area contributed by atoms with Gasteiger partial charge in [-0.3, -0.25) is 0 Å². The summed E-state index contributed by atoms with van der Waals surface area (Å²) < 4.78 is 0. The second kappa shape index (κ2) is 5.27. The minimum atomic E-state index is 0.760. The first-order valence-corrected chi connectivity index (χ1v) is 6.70. The second-order valence-electron chi connectivity index (χ2n) is 4.16. The molecule has 3 heteroatoms. The van der Waals surface area contributed by atoms with Crippen LogP contribution in [-0.2, 0) is 0 Å². The van der Waals surface area contributed by atoms with Crippen molar-refractivity contribution in [3.05, 3.63) is 29.3 Å². The summed E-state index contributed by atoms with van der Waals surface area (Å²) in [5, 5.41) is 13.0. The third-order valence-electron chi connectivity index (χ3n) is 2.90. The lowest BCUT2D eigenvalue weighted by Crippen LogP contribution is -2.13. The fourth-order valence-corrected chi connectivity index (χ4v) is 3.14. The van der Waals surface area contributed by atoms with Gasteiger partial charge in [-0.05, 0) is 49.3 Å². The molecule has 16 heavy (non-hydrogen) atoms. The molecule has 0 radical (unpaired) electrons. The minimum Gasteiger partial charge on any atom is -0.384 e. The van der Waals surface area contributed by atoms with Crippen molar-refractivity contribution < 1.29 is 0 Å². The Hall–Kier alpha value is -1.14. The molecule has 2 rings (SSSR count). The van der Waals surface area contributed by atoms with Gasteiger partial charge in [0, 0.05) is 17.5 Å². The molecular formula is C13H16N2S. The maximum absolute atomic E-state index is 8.84. The van der Waals surface area contributed by atoms with Gasteiger partial charge in [-0.2, -0.15) is 17.0 Å². The topological polar surface area (TPSA) is 35.8 Å². The fraction of sp³-hybridized carbons (Fsp3) is 0.462. The first-order valence-electron chi connectivity index (χ1n) is 5.66. The van der Waals surface area contributed by atoms with Gasteiger partial charge in [-0.1, -0.05) is 0 Å². The summed E-state index contributed by atoms with van der Waals surface area (Å²) in [5.74, 6) is 1.30. The molecule has 1 heterocycles. The summed E-state index contributed by atoms with van der Waals surface area (Å²) in [7, 11) is 0. The van der Waals surface area contributed by atoms with E-state index in [0.29, 0.717) is 0 Å². The Morgan fingerprint density at radius 2 is 2.44 bits per heavy atom. The van der Waals surface area contributed by atoms with Crippen LogP contribution >= 0.6 is 11.8 Å². The molecule has 0 bridgehead atoms. The monoisotopic (exact) mass is 232 g/mol. The van der Waals surface area contributed by atoms with Gasteiger partial charge in [0.2, 0.25) is 0 Å². The number of nitriles is 1. The third-order valence-corrected chi connectivity index (χ3v) is 4.30. The Bertz CT molecular complexity index is 403. The lowest BCUT2D eigenvalue weighted by molar-refractivity contribution is 0.805. The quantitative estimate of drug-likeness (QED) is 0.869. The van der Waals surface area contributed by atoms with Crippen LogP contribution in [0.1, 0.15) is 24.0 Å². The molecule has 1 aromatic carbocycles. The molecule has 0 aliphatic carbocycles. The maximum atomic E-state index is 8.84. The molecule has 84 valence electrons. The number of hydrogen-bond acceptors (Lipinski definition) is 3. The molecule has 1 unspecified atom stereocenters. The zero-order valence-electron chi connectivity index (χ0n) is 9.49. The lowest BCUT2D eigenvalue weighted by atomic mass is 10.1. The first kappa shape index (κ1) is 11.3. The van der Waals surface area contributed by atoms with Crippen molar-refractivity contribution in [3.63, 3.8) is 0 Å². The number of nitrogens with zero attached hydrogens (tertiary/aromatic N) is 1. The normalized spacial score (nSPS) is 19.4. The van der Waals surface area contributed by atoms with Crippen LogP contribution in [0.15, 0.2) is 18.2 Å². The zero-order chi connectivity index (χ0) is 11.4. The first-order chi connectivity index (χ1) is 7.79. The van der Waals surface area contributed by atoms with Crippen LogP contribution in [0.3, 0.4) is 0 Å². The molecular weight excluding hydrogens is 216 g/mol. The second-order valence-corrected chi connectivity index (χ2v) is 5.57. The van der Waals surface area contributed by atoms with Gasteiger partial charge in [0.05, 0.1) is 11.6 Å². The Balaban J connectivity index is 1.94. The highest BCUT2D eigenvalue weighted by Gasteiger charge is 2.14. The third kappa shape index (κ3) is 2.70. The number of hydrogen-bond donors (Lipinski definition) is 1. The Labute approximate surface area is 101 Å². The van der Waals surface area contributed by atoms with Crippen molar-refractivity contribution in [3.8, 4) is 6.07 Å². The smallest absolute Gasteiger partial charge is 0.0994 e. The predicted octanol–water partition coefficient (Wildman–Crippen LogP) is 3.17. The van der Waals surface area contributed by atoms with Gasteiger partial charge in [-0.15, -0.1) is 0 Å². The van der Waals surface area contributed by atoms with Crippen LogP contribution in [0.2, 0.25) is 0 Å². The van der Waals surface area contributed by atoms with E-state index in [2.05, 4.69) is 29.2 Å². The summed E-state index contributed by atoms with van der Waals surface area (Å²) in [5.41, 5.74) is 2.94. The zero-order valence-corrected chi connectivity index (χ0v) is 10.3. The maximum Gasteiger partial charge on any atom is 0.0994 e. The molecule has 1 fully saturated rings. The number of rotatable bonds is 3. The van der Waals surface area contributed by atoms with Crippen LogP contribution in [0.5, 0.6) is 0 Å². The average Bonchev–Trinajstić information content (AvgIpc) is 2.79. The summed E-state index contributed by atoms with van der Waals surface area (Å²) in [6.45, 7) is 3.02. The standard InChI is InChI=1S/C13H16N2S/c1-10-7-12(5-4-11(10)8-14)15-9-13-3-2-6-16-13/h4-5,7,13,15H,2-3,6,9H2,1H3. The van der Waals surface area contributed by atoms with Crippen LogP contribution in [0.25, 0.3) is 0 Å². The van der Waals surface area contributed by atoms with E-state index in [9.17, 15) is 0 Å². The predicted molar refractivity (Wildman–Crippen MR) is 69.9 cm³/mol. The largest absolute Gasteiger partial charge is 0.384 e. The van der Waals surface area contributed by atoms with E-state index in [1.54, 1.807) is 0 Å². The lowest BCUT2D eigenvalue weighted by Gasteiger charge is -2.12. The van der Waals surface area contributed by atoms with Gasteiger partial charge in [0.15, 0.2) is 0 Å². The minimum absolute atomic E-state index is 0.760. The molecule has 1 atom stereocenters. The Morgan fingerprint density at radius 3 is 3.06 bits per heavy atom. The van der Waals surface area contributed by atoms with Crippen molar-refractivity contribution in [2.75, 3.05) is 17.6 Å². The number of benzene rings is 1. The van der Waals surface area contributed by atoms with Crippen LogP contribution in [-0.4, -0.2) is 17.5 Å². The van der Waals surface area contributed by atoms with E-state index in [1.165, 1.54) is 18.6 Å². The number of nitrogens with one attached hydrogen (secondary N) is 1. The summed E-state index contributed by atoms with van der Waals surface area (Å²) in [6, 6.07) is 8.12. The number of thioether (sulfide) groups is 1. The van der Waals surface area contributed by atoms with Crippen molar-refractivity contribution >= 4 is 17.4 Å². The van der Waals surface area contributed by atoms with Crippen molar-refractivity contribution in [1.82, 2.24) is 0 Å². The Morgan fingerprint density at radius 1 is 1.56 bits per heavy atom. The molecule has 1 aliphatic rings. The van der Waals surface area contributed by atoms with Gasteiger partial charge in [-0.25, -0.2) is 0 Å². The molecule has 0 saturated carbocycles. The van der Waals surface area contributed by atoms with Crippen molar-refractivity contribution in [1.29, 1.82) is 5.26 Å². The van der Waals surface area contributed by atoms with Crippen LogP contribution in [0.4, 0.5) is 5.69 Å². The highest BCUT2D eigenvalue weighted by Crippen LogP contribution is 2.26. The summed E-state index contributed by atoms with van der Waals surface area (Å²) in [4.78, 5) is 0. The molecule has 1 aliphatic heterocycles. The van der Waals surface area contributed by atoms with E-state index in [1.807, 2.05) is 19.1 Å². The number of aryl methyl sites for hydroxylation is 1. The highest BCUT2D eigenvalue weighted by atomic mass is 32.2. The molecule has 1 aromatic rings. The Kier molecular flexibility index (Phi) is 3.74. The van der Waals surface area contributed by atoms with Crippen molar-refractivity contribution in [2.24, 2.45) is 0 Å².